The van der Waals surface area contributed by atoms with Gasteiger partial charge in [0.2, 0.25) is 11.0 Å². The van der Waals surface area contributed by atoms with E-state index in [1.165, 1.54) is 6.20 Å². The van der Waals surface area contributed by atoms with Crippen molar-refractivity contribution in [3.63, 3.8) is 0 Å². The molecule has 0 aliphatic heterocycles. The summed E-state index contributed by atoms with van der Waals surface area (Å²) >= 11 is 5.64. The Bertz CT molecular complexity index is 569. The molecule has 0 atom stereocenters. The van der Waals surface area contributed by atoms with Gasteiger partial charge in [-0.25, -0.2) is 9.97 Å². The predicted molar refractivity (Wildman–Crippen MR) is 60.2 cm³/mol. The van der Waals surface area contributed by atoms with Gasteiger partial charge < -0.3 is 5.32 Å². The normalized spacial score (nSPS) is 10.2. The number of nitro groups is 1. The van der Waals surface area contributed by atoms with Gasteiger partial charge in [-0.1, -0.05) is 11.6 Å². The van der Waals surface area contributed by atoms with Crippen LogP contribution in [0.5, 0.6) is 0 Å². The number of hydrogen-bond acceptors (Lipinski definition) is 6. The van der Waals surface area contributed by atoms with Gasteiger partial charge in [-0.3, -0.25) is 14.8 Å². The first kappa shape index (κ1) is 11.3. The van der Waals surface area contributed by atoms with Crippen LogP contribution in [-0.2, 0) is 7.05 Å². The number of rotatable bonds is 3. The zero-order valence-electron chi connectivity index (χ0n) is 8.66. The summed E-state index contributed by atoms with van der Waals surface area (Å²) in [6, 6.07) is 0. The number of nitrogens with one attached hydrogen (secondary N) is 1. The van der Waals surface area contributed by atoms with Gasteiger partial charge in [0.05, 0.1) is 16.8 Å². The van der Waals surface area contributed by atoms with Crippen LogP contribution in [0.25, 0.3) is 0 Å². The third kappa shape index (κ3) is 2.31. The van der Waals surface area contributed by atoms with Crippen LogP contribution in [0.2, 0.25) is 5.15 Å². The minimum atomic E-state index is -0.638. The summed E-state index contributed by atoms with van der Waals surface area (Å²) in [6.07, 6.45) is 4.31. The van der Waals surface area contributed by atoms with E-state index in [0.29, 0.717) is 5.69 Å². The predicted octanol–water partition coefficient (Wildman–Crippen LogP) is 1.52. The second-order valence-electron chi connectivity index (χ2n) is 3.15. The Kier molecular flexibility index (Phi) is 2.88. The van der Waals surface area contributed by atoms with E-state index in [-0.39, 0.29) is 16.7 Å². The van der Waals surface area contributed by atoms with Crippen molar-refractivity contribution in [2.24, 2.45) is 7.05 Å². The highest BCUT2D eigenvalue weighted by molar-refractivity contribution is 6.31. The molecule has 0 amide bonds. The molecular formula is C8H7ClN6O2. The van der Waals surface area contributed by atoms with Gasteiger partial charge in [0.1, 0.15) is 6.33 Å². The van der Waals surface area contributed by atoms with E-state index in [1.54, 1.807) is 17.9 Å². The SMILES string of the molecule is Cn1cc(Nc2ncnc(Cl)c2[N+](=O)[O-])cn1. The smallest absolute Gasteiger partial charge is 0.332 e. The first-order valence-electron chi connectivity index (χ1n) is 4.48. The molecule has 0 saturated heterocycles. The van der Waals surface area contributed by atoms with Crippen molar-refractivity contribution >= 4 is 28.8 Å². The average molecular weight is 255 g/mol. The second kappa shape index (κ2) is 4.34. The van der Waals surface area contributed by atoms with Crippen molar-refractivity contribution in [2.45, 2.75) is 0 Å². The van der Waals surface area contributed by atoms with Gasteiger partial charge in [-0.2, -0.15) is 5.10 Å². The molecule has 0 fully saturated rings. The van der Waals surface area contributed by atoms with Crippen molar-refractivity contribution < 1.29 is 4.92 Å². The van der Waals surface area contributed by atoms with Crippen molar-refractivity contribution in [1.29, 1.82) is 0 Å². The average Bonchev–Trinajstić information content (AvgIpc) is 2.63. The Hall–Kier alpha value is -2.22. The highest BCUT2D eigenvalue weighted by atomic mass is 35.5. The number of nitrogens with zero attached hydrogens (tertiary/aromatic N) is 5. The van der Waals surface area contributed by atoms with Crippen LogP contribution in [-0.4, -0.2) is 24.7 Å². The minimum absolute atomic E-state index is 0.0306. The van der Waals surface area contributed by atoms with Crippen LogP contribution in [0.1, 0.15) is 0 Å². The molecule has 0 bridgehead atoms. The number of halogens is 1. The van der Waals surface area contributed by atoms with Gasteiger partial charge in [-0.15, -0.1) is 0 Å². The zero-order valence-corrected chi connectivity index (χ0v) is 9.42. The molecule has 0 unspecified atom stereocenters. The lowest BCUT2D eigenvalue weighted by molar-refractivity contribution is -0.384. The van der Waals surface area contributed by atoms with E-state index in [9.17, 15) is 10.1 Å². The monoisotopic (exact) mass is 254 g/mol. The molecule has 0 aliphatic rings. The van der Waals surface area contributed by atoms with E-state index in [1.807, 2.05) is 0 Å². The van der Waals surface area contributed by atoms with Crippen molar-refractivity contribution in [3.8, 4) is 0 Å². The maximum absolute atomic E-state index is 10.8. The molecule has 2 aromatic heterocycles. The molecule has 2 heterocycles. The van der Waals surface area contributed by atoms with Gasteiger partial charge in [-0.05, 0) is 0 Å². The largest absolute Gasteiger partial charge is 0.348 e. The maximum atomic E-state index is 10.8. The Morgan fingerprint density at radius 3 is 2.88 bits per heavy atom. The lowest BCUT2D eigenvalue weighted by atomic mass is 10.4. The Labute approximate surface area is 100 Å². The summed E-state index contributed by atoms with van der Waals surface area (Å²) in [5.74, 6) is 0.0306. The minimum Gasteiger partial charge on any atom is -0.332 e. The van der Waals surface area contributed by atoms with Crippen LogP contribution < -0.4 is 5.32 Å². The lowest BCUT2D eigenvalue weighted by Crippen LogP contribution is -2.01. The molecule has 1 N–H and O–H groups in total. The van der Waals surface area contributed by atoms with Crippen LogP contribution in [0.4, 0.5) is 17.2 Å². The number of anilines is 2. The molecule has 9 heteroatoms. The fourth-order valence-electron chi connectivity index (χ4n) is 1.23. The van der Waals surface area contributed by atoms with Gasteiger partial charge in [0.15, 0.2) is 0 Å². The molecule has 0 aliphatic carbocycles. The molecule has 0 radical (unpaired) electrons. The van der Waals surface area contributed by atoms with E-state index >= 15 is 0 Å². The molecule has 17 heavy (non-hydrogen) atoms. The van der Waals surface area contributed by atoms with Crippen LogP contribution >= 0.6 is 11.6 Å². The Morgan fingerprint density at radius 1 is 1.53 bits per heavy atom. The lowest BCUT2D eigenvalue weighted by Gasteiger charge is -2.03. The third-order valence-corrected chi connectivity index (χ3v) is 2.20. The van der Waals surface area contributed by atoms with Gasteiger partial charge in [0, 0.05) is 13.2 Å². The summed E-state index contributed by atoms with van der Waals surface area (Å²) in [7, 11) is 1.73. The van der Waals surface area contributed by atoms with Crippen molar-refractivity contribution in [3.05, 3.63) is 34.0 Å². The van der Waals surface area contributed by atoms with Gasteiger partial charge in [0.25, 0.3) is 0 Å². The summed E-state index contributed by atoms with van der Waals surface area (Å²) in [5.41, 5.74) is 0.211. The second-order valence-corrected chi connectivity index (χ2v) is 3.50. The van der Waals surface area contributed by atoms with Crippen molar-refractivity contribution in [1.82, 2.24) is 19.7 Å². The number of aromatic nitrogens is 4. The fourth-order valence-corrected chi connectivity index (χ4v) is 1.44. The number of hydrogen-bond donors (Lipinski definition) is 1. The molecule has 8 nitrogen and oxygen atoms in total. The molecule has 0 spiro atoms. The summed E-state index contributed by atoms with van der Waals surface area (Å²) in [4.78, 5) is 17.5. The molecule has 2 rings (SSSR count). The maximum Gasteiger partial charge on any atom is 0.348 e. The Balaban J connectivity index is 2.39. The molecule has 88 valence electrons. The van der Waals surface area contributed by atoms with E-state index in [2.05, 4.69) is 20.4 Å². The standard InChI is InChI=1S/C8H7ClN6O2/c1-14-3-5(2-12-14)13-8-6(15(16)17)7(9)10-4-11-8/h2-4H,1H3,(H,10,11,13). The van der Waals surface area contributed by atoms with E-state index in [0.717, 1.165) is 6.33 Å². The first-order chi connectivity index (χ1) is 8.08. The summed E-state index contributed by atoms with van der Waals surface area (Å²) in [6.45, 7) is 0. The van der Waals surface area contributed by atoms with Gasteiger partial charge >= 0.3 is 5.69 Å². The highest BCUT2D eigenvalue weighted by Crippen LogP contribution is 2.30. The van der Waals surface area contributed by atoms with Crippen molar-refractivity contribution in [2.75, 3.05) is 5.32 Å². The summed E-state index contributed by atoms with van der Waals surface area (Å²) in [5, 5.41) is 17.3. The third-order valence-electron chi connectivity index (χ3n) is 1.93. The highest BCUT2D eigenvalue weighted by Gasteiger charge is 2.21. The topological polar surface area (TPSA) is 98.8 Å². The molecule has 0 aromatic carbocycles. The first-order valence-corrected chi connectivity index (χ1v) is 4.86. The molecular weight excluding hydrogens is 248 g/mol. The van der Waals surface area contributed by atoms with E-state index < -0.39 is 4.92 Å². The molecule has 0 saturated carbocycles. The molecule has 2 aromatic rings. The van der Waals surface area contributed by atoms with Crippen LogP contribution in [0, 0.1) is 10.1 Å². The zero-order chi connectivity index (χ0) is 12.4. The Morgan fingerprint density at radius 2 is 2.29 bits per heavy atom. The van der Waals surface area contributed by atoms with E-state index in [4.69, 9.17) is 11.6 Å². The number of aryl methyl sites for hydroxylation is 1. The van der Waals surface area contributed by atoms with Crippen LogP contribution in [0.3, 0.4) is 0 Å². The quantitative estimate of drug-likeness (QED) is 0.506. The summed E-state index contributed by atoms with van der Waals surface area (Å²) < 4.78 is 1.55. The van der Waals surface area contributed by atoms with Crippen LogP contribution in [0.15, 0.2) is 18.7 Å². The fraction of sp³-hybridized carbons (Fsp3) is 0.125.